The predicted octanol–water partition coefficient (Wildman–Crippen LogP) is 4.35. The molecule has 0 atom stereocenters. The summed E-state index contributed by atoms with van der Waals surface area (Å²) in [6.07, 6.45) is 1.61. The first-order valence-corrected chi connectivity index (χ1v) is 7.20. The average molecular weight is 437 g/mol. The van der Waals surface area contributed by atoms with Crippen LogP contribution < -0.4 is 5.32 Å². The fourth-order valence-corrected chi connectivity index (χ4v) is 2.42. The summed E-state index contributed by atoms with van der Waals surface area (Å²) in [5.74, 6) is -0.251. The van der Waals surface area contributed by atoms with Crippen molar-refractivity contribution in [1.82, 2.24) is 4.98 Å². The maximum Gasteiger partial charge on any atom is 0.258 e. The maximum absolute atomic E-state index is 12.1. The van der Waals surface area contributed by atoms with E-state index < -0.39 is 0 Å². The summed E-state index contributed by atoms with van der Waals surface area (Å²) < 4.78 is 1.50. The molecule has 0 saturated heterocycles. The smallest absolute Gasteiger partial charge is 0.258 e. The third kappa shape index (κ3) is 3.21. The fourth-order valence-electron chi connectivity index (χ4n) is 1.34. The third-order valence-electron chi connectivity index (χ3n) is 2.18. The summed E-state index contributed by atoms with van der Waals surface area (Å²) in [6, 6.07) is 8.82. The van der Waals surface area contributed by atoms with E-state index in [1.807, 2.05) is 12.1 Å². The second-order valence-electron chi connectivity index (χ2n) is 3.42. The van der Waals surface area contributed by atoms with Crippen molar-refractivity contribution in [2.45, 2.75) is 0 Å². The molecule has 0 bridgehead atoms. The summed E-state index contributed by atoms with van der Waals surface area (Å²) in [5.41, 5.74) is 1.05. The number of carbonyl (C=O) groups is 1. The molecule has 0 aliphatic heterocycles. The van der Waals surface area contributed by atoms with E-state index in [1.54, 1.807) is 24.4 Å². The van der Waals surface area contributed by atoms with Gasteiger partial charge in [0.2, 0.25) is 0 Å². The lowest BCUT2D eigenvalue weighted by Gasteiger charge is -2.08. The van der Waals surface area contributed by atoms with Gasteiger partial charge in [-0.15, -0.1) is 0 Å². The highest BCUT2D eigenvalue weighted by Crippen LogP contribution is 2.25. The van der Waals surface area contributed by atoms with Crippen molar-refractivity contribution >= 4 is 61.7 Å². The van der Waals surface area contributed by atoms with Gasteiger partial charge in [-0.05, 0) is 68.9 Å². The number of anilines is 1. The minimum Gasteiger partial charge on any atom is -0.321 e. The Morgan fingerprint density at radius 1 is 1.39 bits per heavy atom. The SMILES string of the molecule is O=C(Nc1cc(I)ccc1Cl)c1cccnc1Br. The van der Waals surface area contributed by atoms with Crippen molar-refractivity contribution < 1.29 is 4.79 Å². The number of benzene rings is 1. The average Bonchev–Trinajstić information content (AvgIpc) is 2.34. The van der Waals surface area contributed by atoms with Gasteiger partial charge in [-0.3, -0.25) is 4.79 Å². The quantitative estimate of drug-likeness (QED) is 0.561. The lowest BCUT2D eigenvalue weighted by atomic mass is 10.2. The van der Waals surface area contributed by atoms with Crippen LogP contribution in [-0.4, -0.2) is 10.9 Å². The Kier molecular flexibility index (Phi) is 4.58. The number of carbonyl (C=O) groups excluding carboxylic acids is 1. The van der Waals surface area contributed by atoms with Crippen LogP contribution in [0, 0.1) is 3.57 Å². The second-order valence-corrected chi connectivity index (χ2v) is 5.82. The van der Waals surface area contributed by atoms with E-state index in [4.69, 9.17) is 11.6 Å². The van der Waals surface area contributed by atoms with Crippen molar-refractivity contribution in [3.05, 3.63) is 55.3 Å². The van der Waals surface area contributed by atoms with Gasteiger partial charge in [0.15, 0.2) is 0 Å². The maximum atomic E-state index is 12.1. The van der Waals surface area contributed by atoms with Gasteiger partial charge in [0.1, 0.15) is 4.60 Å². The van der Waals surface area contributed by atoms with Crippen molar-refractivity contribution in [2.75, 3.05) is 5.32 Å². The van der Waals surface area contributed by atoms with Gasteiger partial charge in [-0.1, -0.05) is 11.6 Å². The summed E-state index contributed by atoms with van der Waals surface area (Å²) in [5, 5.41) is 3.27. The molecule has 0 radical (unpaired) electrons. The number of hydrogen-bond donors (Lipinski definition) is 1. The lowest BCUT2D eigenvalue weighted by Crippen LogP contribution is -2.13. The number of pyridine rings is 1. The van der Waals surface area contributed by atoms with Gasteiger partial charge in [-0.2, -0.15) is 0 Å². The van der Waals surface area contributed by atoms with E-state index >= 15 is 0 Å². The molecule has 1 N–H and O–H groups in total. The summed E-state index contributed by atoms with van der Waals surface area (Å²) in [7, 11) is 0. The highest BCUT2D eigenvalue weighted by molar-refractivity contribution is 14.1. The third-order valence-corrected chi connectivity index (χ3v) is 3.81. The van der Waals surface area contributed by atoms with Crippen LogP contribution in [0.4, 0.5) is 5.69 Å². The van der Waals surface area contributed by atoms with E-state index in [0.29, 0.717) is 20.9 Å². The molecule has 0 saturated carbocycles. The molecule has 0 spiro atoms. The van der Waals surface area contributed by atoms with Crippen molar-refractivity contribution in [3.8, 4) is 0 Å². The van der Waals surface area contributed by atoms with Gasteiger partial charge >= 0.3 is 0 Å². The molecular weight excluding hydrogens is 430 g/mol. The zero-order chi connectivity index (χ0) is 13.1. The Bertz CT molecular complexity index is 606. The Hall–Kier alpha value is -0.660. The molecule has 1 amide bonds. The highest BCUT2D eigenvalue weighted by atomic mass is 127. The molecule has 6 heteroatoms. The fraction of sp³-hybridized carbons (Fsp3) is 0. The van der Waals surface area contributed by atoms with Crippen LogP contribution in [-0.2, 0) is 0 Å². The number of nitrogens with zero attached hydrogens (tertiary/aromatic N) is 1. The summed E-state index contributed by atoms with van der Waals surface area (Å²) in [4.78, 5) is 16.1. The highest BCUT2D eigenvalue weighted by Gasteiger charge is 2.12. The molecule has 0 aliphatic rings. The Labute approximate surface area is 131 Å². The van der Waals surface area contributed by atoms with Crippen LogP contribution in [0.5, 0.6) is 0 Å². The van der Waals surface area contributed by atoms with E-state index in [2.05, 4.69) is 48.8 Å². The van der Waals surface area contributed by atoms with Gasteiger partial charge in [0, 0.05) is 9.77 Å². The minimum absolute atomic E-state index is 0.251. The van der Waals surface area contributed by atoms with Crippen molar-refractivity contribution in [1.29, 1.82) is 0 Å². The molecule has 0 fully saturated rings. The largest absolute Gasteiger partial charge is 0.321 e. The van der Waals surface area contributed by atoms with Gasteiger partial charge < -0.3 is 5.32 Å². The Morgan fingerprint density at radius 2 is 2.17 bits per heavy atom. The van der Waals surface area contributed by atoms with Gasteiger partial charge in [0.25, 0.3) is 5.91 Å². The molecule has 1 aromatic carbocycles. The number of amides is 1. The first-order valence-electron chi connectivity index (χ1n) is 4.95. The first-order chi connectivity index (χ1) is 8.58. The van der Waals surface area contributed by atoms with Crippen LogP contribution in [0.25, 0.3) is 0 Å². The van der Waals surface area contributed by atoms with Crippen LogP contribution >= 0.6 is 50.1 Å². The van der Waals surface area contributed by atoms with E-state index in [0.717, 1.165) is 3.57 Å². The zero-order valence-electron chi connectivity index (χ0n) is 8.95. The Morgan fingerprint density at radius 3 is 2.89 bits per heavy atom. The van der Waals surface area contributed by atoms with E-state index in [1.165, 1.54) is 0 Å². The molecule has 2 aromatic rings. The first kappa shape index (κ1) is 13.8. The van der Waals surface area contributed by atoms with Gasteiger partial charge in [-0.25, -0.2) is 4.98 Å². The molecule has 1 heterocycles. The molecule has 0 unspecified atom stereocenters. The van der Waals surface area contributed by atoms with E-state index in [-0.39, 0.29) is 5.91 Å². The lowest BCUT2D eigenvalue weighted by molar-refractivity contribution is 0.102. The minimum atomic E-state index is -0.251. The number of halogens is 3. The molecule has 18 heavy (non-hydrogen) atoms. The molecule has 0 aliphatic carbocycles. The number of rotatable bonds is 2. The number of nitrogens with one attached hydrogen (secondary N) is 1. The molecule has 1 aromatic heterocycles. The van der Waals surface area contributed by atoms with E-state index in [9.17, 15) is 4.79 Å². The molecule has 2 rings (SSSR count). The second kappa shape index (κ2) is 5.99. The standard InChI is InChI=1S/C12H7BrClIN2O/c13-11-8(2-1-5-16-11)12(18)17-10-6-7(15)3-4-9(10)14/h1-6H,(H,17,18). The normalized spacial score (nSPS) is 10.2. The van der Waals surface area contributed by atoms with Gasteiger partial charge in [0.05, 0.1) is 16.3 Å². The zero-order valence-corrected chi connectivity index (χ0v) is 13.5. The summed E-state index contributed by atoms with van der Waals surface area (Å²) in [6.45, 7) is 0. The monoisotopic (exact) mass is 436 g/mol. The topological polar surface area (TPSA) is 42.0 Å². The van der Waals surface area contributed by atoms with Crippen molar-refractivity contribution in [2.24, 2.45) is 0 Å². The van der Waals surface area contributed by atoms with Crippen LogP contribution in [0.1, 0.15) is 10.4 Å². The number of aromatic nitrogens is 1. The number of hydrogen-bond acceptors (Lipinski definition) is 2. The summed E-state index contributed by atoms with van der Waals surface area (Å²) >= 11 is 11.4. The Balaban J connectivity index is 2.27. The van der Waals surface area contributed by atoms with Crippen LogP contribution in [0.15, 0.2) is 41.1 Å². The molecular formula is C12H7BrClIN2O. The van der Waals surface area contributed by atoms with Crippen LogP contribution in [0.2, 0.25) is 5.02 Å². The molecule has 92 valence electrons. The van der Waals surface area contributed by atoms with Crippen molar-refractivity contribution in [3.63, 3.8) is 0 Å². The molecule has 3 nitrogen and oxygen atoms in total. The predicted molar refractivity (Wildman–Crippen MR) is 84.1 cm³/mol. The van der Waals surface area contributed by atoms with Crippen LogP contribution in [0.3, 0.4) is 0 Å².